The lowest BCUT2D eigenvalue weighted by Gasteiger charge is -2.33. The molecule has 1 aliphatic heterocycles. The van der Waals surface area contributed by atoms with Gasteiger partial charge in [-0.15, -0.1) is 0 Å². The fourth-order valence-electron chi connectivity index (χ4n) is 3.14. The summed E-state index contributed by atoms with van der Waals surface area (Å²) in [7, 11) is 0. The van der Waals surface area contributed by atoms with Crippen molar-refractivity contribution in [3.8, 4) is 12.0 Å². The summed E-state index contributed by atoms with van der Waals surface area (Å²) >= 11 is 0. The topological polar surface area (TPSA) is 70.6 Å². The third kappa shape index (κ3) is 3.12. The van der Waals surface area contributed by atoms with Gasteiger partial charge in [0.1, 0.15) is 11.9 Å². The van der Waals surface area contributed by atoms with Crippen molar-refractivity contribution >= 4 is 5.82 Å². The van der Waals surface area contributed by atoms with Gasteiger partial charge in [-0.05, 0) is 37.2 Å². The zero-order valence-corrected chi connectivity index (χ0v) is 14.6. The quantitative estimate of drug-likeness (QED) is 0.863. The Balaban J connectivity index is 2.12. The first-order valence-electron chi connectivity index (χ1n) is 8.71. The number of hydrogen-bond acceptors (Lipinski definition) is 5. The first kappa shape index (κ1) is 16.4. The average Bonchev–Trinajstić information content (AvgIpc) is 3.15. The van der Waals surface area contributed by atoms with Crippen LogP contribution in [0.15, 0.2) is 18.5 Å². The van der Waals surface area contributed by atoms with Gasteiger partial charge in [0.2, 0.25) is 0 Å². The molecule has 6 heteroatoms. The van der Waals surface area contributed by atoms with E-state index < -0.39 is 0 Å². The van der Waals surface area contributed by atoms with E-state index in [1.807, 2.05) is 12.3 Å². The van der Waals surface area contributed by atoms with Gasteiger partial charge in [0.05, 0.1) is 0 Å². The van der Waals surface area contributed by atoms with E-state index >= 15 is 0 Å². The van der Waals surface area contributed by atoms with Gasteiger partial charge in [-0.1, -0.05) is 20.8 Å². The summed E-state index contributed by atoms with van der Waals surface area (Å²) in [5.74, 6) is 2.38. The maximum absolute atomic E-state index is 9.66. The molecule has 6 nitrogen and oxygen atoms in total. The maximum Gasteiger partial charge on any atom is 0.253 e. The molecule has 24 heavy (non-hydrogen) atoms. The molecule has 0 amide bonds. The van der Waals surface area contributed by atoms with Crippen molar-refractivity contribution in [1.82, 2.24) is 19.7 Å². The number of aromatic nitrogens is 4. The van der Waals surface area contributed by atoms with Gasteiger partial charge < -0.3 is 4.90 Å². The van der Waals surface area contributed by atoms with Gasteiger partial charge in [0.25, 0.3) is 5.95 Å². The number of nitriles is 1. The van der Waals surface area contributed by atoms with E-state index in [1.165, 1.54) is 0 Å². The molecule has 0 aliphatic carbocycles. The van der Waals surface area contributed by atoms with Crippen LogP contribution in [0.2, 0.25) is 0 Å². The van der Waals surface area contributed by atoms with Crippen molar-refractivity contribution < 1.29 is 0 Å². The summed E-state index contributed by atoms with van der Waals surface area (Å²) in [6, 6.07) is 4.12. The van der Waals surface area contributed by atoms with E-state index in [-0.39, 0.29) is 5.92 Å². The van der Waals surface area contributed by atoms with E-state index in [4.69, 9.17) is 4.98 Å². The molecule has 0 saturated carbocycles. The second kappa shape index (κ2) is 7.00. The summed E-state index contributed by atoms with van der Waals surface area (Å²) in [5, 5.41) is 13.9. The lowest BCUT2D eigenvalue weighted by molar-refractivity contribution is 0.435. The molecule has 2 aromatic rings. The Morgan fingerprint density at radius 3 is 2.67 bits per heavy atom. The van der Waals surface area contributed by atoms with Crippen LogP contribution in [0.3, 0.4) is 0 Å². The lowest BCUT2D eigenvalue weighted by atomic mass is 9.94. The molecule has 1 fully saturated rings. The molecule has 1 unspecified atom stereocenters. The SMILES string of the molecule is CCC(C)c1c(C#N)nc(-n2cccn2)nc1N1CCC(C)CC1. The molecule has 1 atom stereocenters. The molecular formula is C18H24N6. The van der Waals surface area contributed by atoms with Crippen molar-refractivity contribution in [1.29, 1.82) is 5.26 Å². The number of hydrogen-bond donors (Lipinski definition) is 0. The summed E-state index contributed by atoms with van der Waals surface area (Å²) in [6.07, 6.45) is 6.77. The molecule has 0 aromatic carbocycles. The minimum absolute atomic E-state index is 0.251. The van der Waals surface area contributed by atoms with E-state index in [9.17, 15) is 5.26 Å². The highest BCUT2D eigenvalue weighted by Crippen LogP contribution is 2.33. The molecule has 2 aromatic heterocycles. The molecule has 3 heterocycles. The Morgan fingerprint density at radius 2 is 2.08 bits per heavy atom. The van der Waals surface area contributed by atoms with Gasteiger partial charge >= 0.3 is 0 Å². The molecule has 1 saturated heterocycles. The van der Waals surface area contributed by atoms with Gasteiger partial charge in [-0.3, -0.25) is 0 Å². The fourth-order valence-corrected chi connectivity index (χ4v) is 3.14. The monoisotopic (exact) mass is 324 g/mol. The smallest absolute Gasteiger partial charge is 0.253 e. The zero-order chi connectivity index (χ0) is 17.1. The Labute approximate surface area is 143 Å². The summed E-state index contributed by atoms with van der Waals surface area (Å²) in [5.41, 5.74) is 1.45. The van der Waals surface area contributed by atoms with Crippen molar-refractivity contribution in [2.75, 3.05) is 18.0 Å². The van der Waals surface area contributed by atoms with Crippen molar-refractivity contribution in [2.24, 2.45) is 5.92 Å². The second-order valence-corrected chi connectivity index (χ2v) is 6.65. The van der Waals surface area contributed by atoms with E-state index in [1.54, 1.807) is 10.9 Å². The predicted octanol–water partition coefficient (Wildman–Crippen LogP) is 3.28. The van der Waals surface area contributed by atoms with E-state index in [2.05, 4.69) is 41.8 Å². The Morgan fingerprint density at radius 1 is 1.33 bits per heavy atom. The van der Waals surface area contributed by atoms with Crippen molar-refractivity contribution in [3.63, 3.8) is 0 Å². The van der Waals surface area contributed by atoms with Crippen molar-refractivity contribution in [2.45, 2.75) is 46.0 Å². The first-order chi connectivity index (χ1) is 11.6. The normalized spacial score (nSPS) is 16.8. The van der Waals surface area contributed by atoms with Gasteiger partial charge in [-0.25, -0.2) is 4.68 Å². The van der Waals surface area contributed by atoms with Crippen LogP contribution in [-0.2, 0) is 0 Å². The highest BCUT2D eigenvalue weighted by atomic mass is 15.4. The number of piperidine rings is 1. The van der Waals surface area contributed by atoms with E-state index in [0.29, 0.717) is 11.6 Å². The highest BCUT2D eigenvalue weighted by Gasteiger charge is 2.26. The van der Waals surface area contributed by atoms with E-state index in [0.717, 1.165) is 49.7 Å². The summed E-state index contributed by atoms with van der Waals surface area (Å²) < 4.78 is 1.62. The van der Waals surface area contributed by atoms with Crippen LogP contribution in [0.4, 0.5) is 5.82 Å². The zero-order valence-electron chi connectivity index (χ0n) is 14.6. The van der Waals surface area contributed by atoms with Crippen LogP contribution < -0.4 is 4.90 Å². The second-order valence-electron chi connectivity index (χ2n) is 6.65. The van der Waals surface area contributed by atoms with Crippen LogP contribution in [0.25, 0.3) is 5.95 Å². The van der Waals surface area contributed by atoms with Gasteiger partial charge in [0.15, 0.2) is 5.69 Å². The number of nitrogens with zero attached hydrogens (tertiary/aromatic N) is 6. The molecule has 0 spiro atoms. The molecular weight excluding hydrogens is 300 g/mol. The third-order valence-corrected chi connectivity index (χ3v) is 4.92. The average molecular weight is 324 g/mol. The van der Waals surface area contributed by atoms with Crippen LogP contribution >= 0.6 is 0 Å². The summed E-state index contributed by atoms with van der Waals surface area (Å²) in [4.78, 5) is 11.6. The molecule has 0 N–H and O–H groups in total. The fraction of sp³-hybridized carbons (Fsp3) is 0.556. The Kier molecular flexibility index (Phi) is 4.79. The minimum atomic E-state index is 0.251. The Bertz CT molecular complexity index is 723. The summed E-state index contributed by atoms with van der Waals surface area (Å²) in [6.45, 7) is 8.53. The largest absolute Gasteiger partial charge is 0.356 e. The molecule has 0 radical (unpaired) electrons. The molecule has 1 aliphatic rings. The van der Waals surface area contributed by atoms with Crippen LogP contribution in [0.5, 0.6) is 0 Å². The number of anilines is 1. The van der Waals surface area contributed by atoms with Crippen LogP contribution in [0, 0.1) is 17.2 Å². The van der Waals surface area contributed by atoms with Crippen LogP contribution in [-0.4, -0.2) is 32.8 Å². The highest BCUT2D eigenvalue weighted by molar-refractivity contribution is 5.56. The first-order valence-corrected chi connectivity index (χ1v) is 8.71. The van der Waals surface area contributed by atoms with Crippen molar-refractivity contribution in [3.05, 3.63) is 29.7 Å². The lowest BCUT2D eigenvalue weighted by Crippen LogP contribution is -2.35. The third-order valence-electron chi connectivity index (χ3n) is 4.92. The van der Waals surface area contributed by atoms with Gasteiger partial charge in [-0.2, -0.15) is 20.3 Å². The molecule has 126 valence electrons. The number of rotatable bonds is 4. The Hall–Kier alpha value is -2.42. The molecule has 3 rings (SSSR count). The van der Waals surface area contributed by atoms with Gasteiger partial charge in [0, 0.05) is 31.0 Å². The minimum Gasteiger partial charge on any atom is -0.356 e. The van der Waals surface area contributed by atoms with Crippen LogP contribution in [0.1, 0.15) is 57.2 Å². The maximum atomic E-state index is 9.66. The standard InChI is InChI=1S/C18H24N6/c1-4-14(3)16-15(12-19)21-18(24-9-5-8-20-24)22-17(16)23-10-6-13(2)7-11-23/h5,8-9,13-14H,4,6-7,10-11H2,1-3H3. The predicted molar refractivity (Wildman–Crippen MR) is 93.2 cm³/mol. The molecule has 0 bridgehead atoms.